The lowest BCUT2D eigenvalue weighted by molar-refractivity contribution is 0.199. The minimum absolute atomic E-state index is 0.361. The summed E-state index contributed by atoms with van der Waals surface area (Å²) in [5.41, 5.74) is 6.38. The second kappa shape index (κ2) is 10.5. The van der Waals surface area contributed by atoms with Crippen LogP contribution in [0.15, 0.2) is 36.5 Å². The van der Waals surface area contributed by atoms with Gasteiger partial charge in [-0.1, -0.05) is 18.6 Å². The second-order valence-electron chi connectivity index (χ2n) is 11.1. The van der Waals surface area contributed by atoms with Gasteiger partial charge in [0.2, 0.25) is 0 Å². The molecule has 2 aliphatic heterocycles. The highest BCUT2D eigenvalue weighted by Gasteiger charge is 2.28. The molecule has 2 saturated heterocycles. The van der Waals surface area contributed by atoms with Gasteiger partial charge in [-0.3, -0.25) is 19.2 Å². The zero-order valence-corrected chi connectivity index (χ0v) is 22.1. The van der Waals surface area contributed by atoms with E-state index in [-0.39, 0.29) is 0 Å². The van der Waals surface area contributed by atoms with E-state index in [2.05, 4.69) is 68.4 Å². The predicted molar refractivity (Wildman–Crippen MR) is 145 cm³/mol. The Balaban J connectivity index is 1.36. The molecule has 0 bridgehead atoms. The van der Waals surface area contributed by atoms with Gasteiger partial charge in [0.1, 0.15) is 11.5 Å². The van der Waals surface area contributed by atoms with Gasteiger partial charge in [0.25, 0.3) is 0 Å². The molecule has 3 aliphatic rings. The summed E-state index contributed by atoms with van der Waals surface area (Å²) < 4.78 is 2.48. The summed E-state index contributed by atoms with van der Waals surface area (Å²) in [6.07, 6.45) is 9.48. The number of imidazole rings is 1. The zero-order valence-electron chi connectivity index (χ0n) is 22.1. The number of aryl methyl sites for hydroxylation is 1. The number of hydrogen-bond donors (Lipinski definition) is 0. The standard InChI is InChI=1S/C29H41N7/c1-32-17-19-35(20-18-32)28-13-7-12-27-31-24(26(36(27)28)22-34-15-4-3-5-16-34)21-33(2)25-11-6-9-23-10-8-14-30-29(23)25/h7-8,10,12-14,25H,3-6,9,11,15-22H2,1-2H3. The van der Waals surface area contributed by atoms with Crippen LogP contribution in [0.5, 0.6) is 0 Å². The molecular formula is C29H41N7. The number of aromatic nitrogens is 3. The van der Waals surface area contributed by atoms with Gasteiger partial charge in [-0.15, -0.1) is 0 Å². The van der Waals surface area contributed by atoms with Crippen molar-refractivity contribution in [3.8, 4) is 0 Å². The van der Waals surface area contributed by atoms with Crippen molar-refractivity contribution < 1.29 is 0 Å². The number of nitrogens with zero attached hydrogens (tertiary/aromatic N) is 7. The van der Waals surface area contributed by atoms with Crippen LogP contribution >= 0.6 is 0 Å². The van der Waals surface area contributed by atoms with Gasteiger partial charge in [-0.2, -0.15) is 0 Å². The number of piperazine rings is 1. The summed E-state index contributed by atoms with van der Waals surface area (Å²) in [6.45, 7) is 8.57. The molecule has 192 valence electrons. The molecule has 0 N–H and O–H groups in total. The lowest BCUT2D eigenvalue weighted by Gasteiger charge is -2.35. The SMILES string of the molecule is CN1CCN(c2cccc3nc(CN(C)C4CCCc5cccnc54)c(CN4CCCCC4)n23)CC1. The van der Waals surface area contributed by atoms with Crippen LogP contribution < -0.4 is 4.90 Å². The molecule has 0 amide bonds. The molecule has 36 heavy (non-hydrogen) atoms. The van der Waals surface area contributed by atoms with Crippen molar-refractivity contribution in [3.63, 3.8) is 0 Å². The van der Waals surface area contributed by atoms with E-state index in [1.54, 1.807) is 0 Å². The van der Waals surface area contributed by atoms with Crippen molar-refractivity contribution in [2.75, 3.05) is 58.3 Å². The fraction of sp³-hybridized carbons (Fsp3) is 0.586. The van der Waals surface area contributed by atoms with Crippen LogP contribution in [-0.4, -0.2) is 82.4 Å². The molecule has 7 heteroatoms. The van der Waals surface area contributed by atoms with Crippen LogP contribution in [0.3, 0.4) is 0 Å². The maximum absolute atomic E-state index is 5.28. The number of pyridine rings is 2. The van der Waals surface area contributed by atoms with Crippen molar-refractivity contribution in [2.45, 2.75) is 57.7 Å². The first kappa shape index (κ1) is 23.9. The summed E-state index contributed by atoms with van der Waals surface area (Å²) in [4.78, 5) is 20.2. The Labute approximate surface area is 215 Å². The van der Waals surface area contributed by atoms with Crippen molar-refractivity contribution >= 4 is 11.5 Å². The molecule has 1 unspecified atom stereocenters. The highest BCUT2D eigenvalue weighted by atomic mass is 15.3. The highest BCUT2D eigenvalue weighted by Crippen LogP contribution is 2.34. The van der Waals surface area contributed by atoms with Crippen LogP contribution in [-0.2, 0) is 19.5 Å². The molecule has 5 heterocycles. The van der Waals surface area contributed by atoms with E-state index in [0.717, 1.165) is 51.3 Å². The smallest absolute Gasteiger partial charge is 0.138 e. The molecule has 2 fully saturated rings. The third kappa shape index (κ3) is 4.76. The first-order chi connectivity index (χ1) is 17.7. The number of piperidine rings is 1. The lowest BCUT2D eigenvalue weighted by Crippen LogP contribution is -2.45. The Hall–Kier alpha value is -2.48. The maximum Gasteiger partial charge on any atom is 0.138 e. The van der Waals surface area contributed by atoms with Crippen molar-refractivity contribution in [2.24, 2.45) is 0 Å². The van der Waals surface area contributed by atoms with E-state index in [4.69, 9.17) is 9.97 Å². The van der Waals surface area contributed by atoms with Crippen LogP contribution in [0.1, 0.15) is 60.8 Å². The lowest BCUT2D eigenvalue weighted by atomic mass is 9.91. The monoisotopic (exact) mass is 487 g/mol. The quantitative estimate of drug-likeness (QED) is 0.524. The molecule has 0 radical (unpaired) electrons. The Bertz CT molecular complexity index is 1170. The molecule has 0 spiro atoms. The minimum atomic E-state index is 0.361. The summed E-state index contributed by atoms with van der Waals surface area (Å²) in [5.74, 6) is 1.30. The van der Waals surface area contributed by atoms with Crippen LogP contribution in [0.2, 0.25) is 0 Å². The second-order valence-corrected chi connectivity index (χ2v) is 11.1. The molecule has 6 rings (SSSR count). The normalized spacial score (nSPS) is 21.9. The Kier molecular flexibility index (Phi) is 6.96. The summed E-state index contributed by atoms with van der Waals surface area (Å²) in [6, 6.07) is 11.4. The fourth-order valence-corrected chi connectivity index (χ4v) is 6.44. The zero-order chi connectivity index (χ0) is 24.5. The van der Waals surface area contributed by atoms with Crippen LogP contribution in [0, 0.1) is 0 Å². The topological polar surface area (TPSA) is 43.2 Å². The number of likely N-dealkylation sites (N-methyl/N-ethyl adjacent to an activating group) is 1. The Morgan fingerprint density at radius 1 is 0.944 bits per heavy atom. The van der Waals surface area contributed by atoms with Gasteiger partial charge >= 0.3 is 0 Å². The summed E-state index contributed by atoms with van der Waals surface area (Å²) in [7, 11) is 4.49. The third-order valence-electron chi connectivity index (χ3n) is 8.55. The average molecular weight is 488 g/mol. The van der Waals surface area contributed by atoms with E-state index in [0.29, 0.717) is 6.04 Å². The summed E-state index contributed by atoms with van der Waals surface area (Å²) in [5, 5.41) is 0. The molecule has 3 aromatic rings. The first-order valence-electron chi connectivity index (χ1n) is 14.0. The molecule has 1 atom stereocenters. The third-order valence-corrected chi connectivity index (χ3v) is 8.55. The van der Waals surface area contributed by atoms with E-state index in [1.165, 1.54) is 73.7 Å². The van der Waals surface area contributed by atoms with E-state index < -0.39 is 0 Å². The van der Waals surface area contributed by atoms with Crippen LogP contribution in [0.25, 0.3) is 5.65 Å². The number of anilines is 1. The molecule has 1 aliphatic carbocycles. The Morgan fingerprint density at radius 3 is 2.61 bits per heavy atom. The molecule has 3 aromatic heterocycles. The predicted octanol–water partition coefficient (Wildman–Crippen LogP) is 3.98. The van der Waals surface area contributed by atoms with Gasteiger partial charge in [0, 0.05) is 45.5 Å². The Morgan fingerprint density at radius 2 is 1.78 bits per heavy atom. The van der Waals surface area contributed by atoms with Crippen molar-refractivity contribution in [1.82, 2.24) is 29.1 Å². The number of fused-ring (bicyclic) bond motifs is 2. The van der Waals surface area contributed by atoms with E-state index in [9.17, 15) is 0 Å². The summed E-state index contributed by atoms with van der Waals surface area (Å²) >= 11 is 0. The first-order valence-corrected chi connectivity index (χ1v) is 14.0. The molecule has 7 nitrogen and oxygen atoms in total. The van der Waals surface area contributed by atoms with Crippen LogP contribution in [0.4, 0.5) is 5.82 Å². The number of likely N-dealkylation sites (tertiary alicyclic amines) is 1. The van der Waals surface area contributed by atoms with Gasteiger partial charge in [0.15, 0.2) is 0 Å². The largest absolute Gasteiger partial charge is 0.355 e. The van der Waals surface area contributed by atoms with Gasteiger partial charge < -0.3 is 9.80 Å². The minimum Gasteiger partial charge on any atom is -0.355 e. The molecule has 0 saturated carbocycles. The van der Waals surface area contributed by atoms with Gasteiger partial charge in [-0.05, 0) is 83.1 Å². The van der Waals surface area contributed by atoms with Crippen molar-refractivity contribution in [3.05, 3.63) is 59.2 Å². The number of rotatable bonds is 6. The molecular weight excluding hydrogens is 446 g/mol. The van der Waals surface area contributed by atoms with Gasteiger partial charge in [-0.25, -0.2) is 4.98 Å². The van der Waals surface area contributed by atoms with Gasteiger partial charge in [0.05, 0.1) is 23.1 Å². The average Bonchev–Trinajstić information content (AvgIpc) is 3.26. The van der Waals surface area contributed by atoms with E-state index in [1.807, 2.05) is 6.20 Å². The molecule has 0 aromatic carbocycles. The highest BCUT2D eigenvalue weighted by molar-refractivity contribution is 5.55. The fourth-order valence-electron chi connectivity index (χ4n) is 6.44. The van der Waals surface area contributed by atoms with Crippen molar-refractivity contribution in [1.29, 1.82) is 0 Å². The number of hydrogen-bond acceptors (Lipinski definition) is 6. The maximum atomic E-state index is 5.28. The van der Waals surface area contributed by atoms with E-state index >= 15 is 0 Å².